The summed E-state index contributed by atoms with van der Waals surface area (Å²) in [7, 11) is 0. The van der Waals surface area contributed by atoms with Gasteiger partial charge in [-0.15, -0.1) is 23.5 Å². The molecular formula is C47H38N2S2. The number of rotatable bonds is 4. The van der Waals surface area contributed by atoms with Gasteiger partial charge in [-0.05, 0) is 119 Å². The topological polar surface area (TPSA) is 24.7 Å². The van der Waals surface area contributed by atoms with Crippen molar-refractivity contribution in [3.63, 3.8) is 0 Å². The highest BCUT2D eigenvalue weighted by Crippen LogP contribution is 2.63. The van der Waals surface area contributed by atoms with Crippen molar-refractivity contribution in [2.75, 3.05) is 11.5 Å². The Morgan fingerprint density at radius 2 is 0.784 bits per heavy atom. The first-order valence-electron chi connectivity index (χ1n) is 17.9. The number of hydrogen-bond acceptors (Lipinski definition) is 4. The third-order valence-corrected chi connectivity index (χ3v) is 13.8. The fraction of sp³-hybridized carbons (Fsp3) is 0.191. The van der Waals surface area contributed by atoms with Crippen LogP contribution in [0.1, 0.15) is 61.1 Å². The average Bonchev–Trinajstić information content (AvgIpc) is 3.88. The Balaban J connectivity index is 1.17. The summed E-state index contributed by atoms with van der Waals surface area (Å²) in [6, 6.07) is 50.5. The molecule has 10 rings (SSSR count). The van der Waals surface area contributed by atoms with Crippen molar-refractivity contribution in [1.29, 1.82) is 0 Å². The fourth-order valence-corrected chi connectivity index (χ4v) is 10.9. The van der Waals surface area contributed by atoms with Crippen LogP contribution < -0.4 is 0 Å². The van der Waals surface area contributed by atoms with E-state index in [1.807, 2.05) is 23.5 Å². The van der Waals surface area contributed by atoms with Gasteiger partial charge in [0.2, 0.25) is 0 Å². The van der Waals surface area contributed by atoms with Crippen LogP contribution in [-0.4, -0.2) is 32.7 Å². The van der Waals surface area contributed by atoms with Gasteiger partial charge in [0, 0.05) is 22.6 Å². The molecule has 2 aliphatic carbocycles. The summed E-state index contributed by atoms with van der Waals surface area (Å²) in [6.45, 7) is 8.88. The molecule has 0 atom stereocenters. The Morgan fingerprint density at radius 3 is 1.22 bits per heavy atom. The van der Waals surface area contributed by atoms with Gasteiger partial charge in [0.15, 0.2) is 0 Å². The fourth-order valence-electron chi connectivity index (χ4n) is 8.63. The van der Waals surface area contributed by atoms with E-state index in [9.17, 15) is 0 Å². The molecule has 4 heteroatoms. The smallest absolute Gasteiger partial charge is 0.0984 e. The Labute approximate surface area is 309 Å². The van der Waals surface area contributed by atoms with Crippen LogP contribution in [-0.2, 0) is 5.41 Å². The van der Waals surface area contributed by atoms with Crippen molar-refractivity contribution in [3.05, 3.63) is 167 Å². The Hall–Kier alpha value is -4.64. The SMILES string of the molecule is CC1(C)CSC(c2cccc(-c3ccc4c(c3)C3(c5ccccc5-c5ccccc53)c3cc(-c5cccc(C6=NC(C)(C)CS6)c5)ccc3-4)c2)=N1. The zero-order valence-electron chi connectivity index (χ0n) is 29.3. The first-order chi connectivity index (χ1) is 24.7. The van der Waals surface area contributed by atoms with E-state index >= 15 is 0 Å². The summed E-state index contributed by atoms with van der Waals surface area (Å²) < 4.78 is 0. The summed E-state index contributed by atoms with van der Waals surface area (Å²) in [6.07, 6.45) is 0. The summed E-state index contributed by atoms with van der Waals surface area (Å²) in [5, 5.41) is 2.29. The van der Waals surface area contributed by atoms with Gasteiger partial charge in [0.25, 0.3) is 0 Å². The minimum atomic E-state index is -0.427. The van der Waals surface area contributed by atoms with E-state index in [1.54, 1.807) is 0 Å². The summed E-state index contributed by atoms with van der Waals surface area (Å²) in [5.74, 6) is 2.03. The highest BCUT2D eigenvalue weighted by atomic mass is 32.2. The third-order valence-electron chi connectivity index (χ3n) is 10.9. The lowest BCUT2D eigenvalue weighted by Crippen LogP contribution is -2.26. The molecule has 51 heavy (non-hydrogen) atoms. The van der Waals surface area contributed by atoms with Crippen LogP contribution >= 0.6 is 23.5 Å². The maximum absolute atomic E-state index is 5.06. The van der Waals surface area contributed by atoms with Gasteiger partial charge in [0.05, 0.1) is 26.6 Å². The second kappa shape index (κ2) is 11.2. The number of fused-ring (bicyclic) bond motifs is 10. The Morgan fingerprint density at radius 1 is 0.392 bits per heavy atom. The van der Waals surface area contributed by atoms with Crippen LogP contribution in [0.2, 0.25) is 0 Å². The zero-order valence-corrected chi connectivity index (χ0v) is 31.0. The molecule has 0 unspecified atom stereocenters. The van der Waals surface area contributed by atoms with E-state index in [4.69, 9.17) is 9.98 Å². The maximum Gasteiger partial charge on any atom is 0.0984 e. The molecule has 0 aromatic heterocycles. The summed E-state index contributed by atoms with van der Waals surface area (Å²) in [4.78, 5) is 10.1. The van der Waals surface area contributed by atoms with E-state index < -0.39 is 5.41 Å². The van der Waals surface area contributed by atoms with Crippen molar-refractivity contribution < 1.29 is 0 Å². The normalized spacial score (nSPS) is 18.2. The van der Waals surface area contributed by atoms with Gasteiger partial charge >= 0.3 is 0 Å². The molecule has 2 heterocycles. The molecule has 2 aliphatic heterocycles. The standard InChI is InChI=1S/C47H38N2S2/c1-45(2)27-50-43(48-45)33-13-9-11-29(23-33)31-19-21-37-38-22-20-32(30-12-10-14-34(24-30)44-49-46(3,4)28-51-44)26-42(38)47(41(37)25-31)39-17-7-5-15-35(39)36-16-6-8-18-40(36)47/h5-26H,27-28H2,1-4H3. The predicted molar refractivity (Wildman–Crippen MR) is 220 cm³/mol. The molecule has 0 amide bonds. The summed E-state index contributed by atoms with van der Waals surface area (Å²) >= 11 is 3.73. The molecule has 2 nitrogen and oxygen atoms in total. The average molecular weight is 695 g/mol. The second-order valence-corrected chi connectivity index (χ2v) is 17.5. The number of hydrogen-bond donors (Lipinski definition) is 0. The van der Waals surface area contributed by atoms with Crippen LogP contribution in [0.15, 0.2) is 143 Å². The molecule has 0 fully saturated rings. The van der Waals surface area contributed by atoms with E-state index in [1.165, 1.54) is 77.9 Å². The quantitative estimate of drug-likeness (QED) is 0.183. The van der Waals surface area contributed by atoms with Crippen LogP contribution in [0.3, 0.4) is 0 Å². The van der Waals surface area contributed by atoms with Crippen LogP contribution in [0.25, 0.3) is 44.5 Å². The molecule has 6 aromatic carbocycles. The monoisotopic (exact) mass is 694 g/mol. The first kappa shape index (κ1) is 31.1. The molecule has 0 saturated carbocycles. The van der Waals surface area contributed by atoms with E-state index in [0.717, 1.165) is 21.6 Å². The van der Waals surface area contributed by atoms with E-state index in [2.05, 4.69) is 161 Å². The number of thioether (sulfide) groups is 2. The minimum Gasteiger partial charge on any atom is -0.271 e. The second-order valence-electron chi connectivity index (χ2n) is 15.6. The Kier molecular flexibility index (Phi) is 6.82. The van der Waals surface area contributed by atoms with Crippen molar-refractivity contribution >= 4 is 33.6 Å². The van der Waals surface area contributed by atoms with Gasteiger partial charge in [-0.3, -0.25) is 9.98 Å². The molecule has 6 aromatic rings. The first-order valence-corrected chi connectivity index (χ1v) is 19.8. The van der Waals surface area contributed by atoms with Crippen LogP contribution in [0, 0.1) is 0 Å². The van der Waals surface area contributed by atoms with Crippen molar-refractivity contribution in [2.24, 2.45) is 9.98 Å². The molecule has 0 N–H and O–H groups in total. The lowest BCUT2D eigenvalue weighted by atomic mass is 9.70. The zero-order chi connectivity index (χ0) is 34.5. The molecule has 0 radical (unpaired) electrons. The lowest BCUT2D eigenvalue weighted by molar-refractivity contribution is 0.605. The Bertz CT molecular complexity index is 2330. The van der Waals surface area contributed by atoms with Gasteiger partial charge in [-0.25, -0.2) is 0 Å². The molecule has 0 bridgehead atoms. The number of benzene rings is 6. The number of nitrogens with zero attached hydrogens (tertiary/aromatic N) is 2. The lowest BCUT2D eigenvalue weighted by Gasteiger charge is -2.31. The highest BCUT2D eigenvalue weighted by molar-refractivity contribution is 8.15. The van der Waals surface area contributed by atoms with Crippen molar-refractivity contribution in [2.45, 2.75) is 44.2 Å². The third kappa shape index (κ3) is 4.80. The van der Waals surface area contributed by atoms with Crippen molar-refractivity contribution in [3.8, 4) is 44.5 Å². The maximum atomic E-state index is 5.06. The molecule has 1 spiro atoms. The highest BCUT2D eigenvalue weighted by Gasteiger charge is 2.51. The molecule has 248 valence electrons. The number of aliphatic imine (C=N–C) groups is 2. The van der Waals surface area contributed by atoms with Gasteiger partial charge in [0.1, 0.15) is 0 Å². The van der Waals surface area contributed by atoms with Crippen LogP contribution in [0.4, 0.5) is 0 Å². The molecular weight excluding hydrogens is 657 g/mol. The minimum absolute atomic E-state index is 0.0221. The van der Waals surface area contributed by atoms with Crippen LogP contribution in [0.5, 0.6) is 0 Å². The van der Waals surface area contributed by atoms with Gasteiger partial charge in [-0.2, -0.15) is 0 Å². The van der Waals surface area contributed by atoms with E-state index in [0.29, 0.717) is 0 Å². The largest absolute Gasteiger partial charge is 0.271 e. The predicted octanol–water partition coefficient (Wildman–Crippen LogP) is 11.9. The van der Waals surface area contributed by atoms with Crippen molar-refractivity contribution in [1.82, 2.24) is 0 Å². The molecule has 0 saturated heterocycles. The van der Waals surface area contributed by atoms with Gasteiger partial charge in [-0.1, -0.05) is 109 Å². The molecule has 4 aliphatic rings. The van der Waals surface area contributed by atoms with Gasteiger partial charge < -0.3 is 0 Å². The summed E-state index contributed by atoms with van der Waals surface area (Å²) in [5.41, 5.74) is 17.6. The van der Waals surface area contributed by atoms with E-state index in [-0.39, 0.29) is 11.1 Å².